The number of aryl methyl sites for hydroxylation is 3. The van der Waals surface area contributed by atoms with E-state index in [1.54, 1.807) is 18.2 Å². The predicted molar refractivity (Wildman–Crippen MR) is 118 cm³/mol. The van der Waals surface area contributed by atoms with Gasteiger partial charge in [-0.3, -0.25) is 14.4 Å². The average molecular weight is 426 g/mol. The molecular formula is C22H26N4O5. The normalized spacial score (nSPS) is 10.5. The van der Waals surface area contributed by atoms with E-state index in [0.717, 1.165) is 22.4 Å². The fourth-order valence-electron chi connectivity index (χ4n) is 2.91. The molecule has 9 nitrogen and oxygen atoms in total. The molecule has 9 heteroatoms. The van der Waals surface area contributed by atoms with E-state index in [9.17, 15) is 14.4 Å². The molecular weight excluding hydrogens is 400 g/mol. The topological polar surface area (TPSA) is 118 Å². The number of carbonyl (C=O) groups excluding carboxylic acids is 3. The number of ether oxygens (including phenoxy) is 2. The largest absolute Gasteiger partial charge is 0.493 e. The van der Waals surface area contributed by atoms with Crippen LogP contribution < -0.4 is 25.5 Å². The van der Waals surface area contributed by atoms with Crippen LogP contribution in [0.15, 0.2) is 35.4 Å². The van der Waals surface area contributed by atoms with Gasteiger partial charge in [0.15, 0.2) is 18.1 Å². The van der Waals surface area contributed by atoms with Crippen LogP contribution in [0.5, 0.6) is 11.5 Å². The summed E-state index contributed by atoms with van der Waals surface area (Å²) < 4.78 is 10.9. The van der Waals surface area contributed by atoms with E-state index in [1.807, 2.05) is 32.9 Å². The van der Waals surface area contributed by atoms with E-state index in [1.165, 1.54) is 20.4 Å². The maximum absolute atomic E-state index is 12.4. The van der Waals surface area contributed by atoms with Crippen molar-refractivity contribution in [3.63, 3.8) is 0 Å². The molecule has 0 atom stereocenters. The molecule has 0 aliphatic heterocycles. The third kappa shape index (κ3) is 6.56. The highest BCUT2D eigenvalue weighted by molar-refractivity contribution is 6.35. The smallest absolute Gasteiger partial charge is 0.329 e. The predicted octanol–water partition coefficient (Wildman–Crippen LogP) is 1.83. The summed E-state index contributed by atoms with van der Waals surface area (Å²) >= 11 is 0. The highest BCUT2D eigenvalue weighted by atomic mass is 16.5. The van der Waals surface area contributed by atoms with Gasteiger partial charge in [-0.1, -0.05) is 17.7 Å². The Kier molecular flexibility index (Phi) is 8.13. The lowest BCUT2D eigenvalue weighted by atomic mass is 10.1. The van der Waals surface area contributed by atoms with Crippen molar-refractivity contribution in [2.75, 3.05) is 26.1 Å². The fraction of sp³-hybridized carbons (Fsp3) is 0.273. The number of rotatable bonds is 7. The molecule has 0 fully saturated rings. The summed E-state index contributed by atoms with van der Waals surface area (Å²) in [5, 5.41) is 8.78. The van der Waals surface area contributed by atoms with Gasteiger partial charge in [-0.15, -0.1) is 0 Å². The molecule has 0 aliphatic rings. The summed E-state index contributed by atoms with van der Waals surface area (Å²) in [5.41, 5.74) is 6.57. The fourth-order valence-corrected chi connectivity index (χ4v) is 2.91. The summed E-state index contributed by atoms with van der Waals surface area (Å²) in [6, 6.07) is 8.92. The first-order valence-corrected chi connectivity index (χ1v) is 9.48. The van der Waals surface area contributed by atoms with E-state index in [2.05, 4.69) is 21.2 Å². The summed E-state index contributed by atoms with van der Waals surface area (Å²) in [6.07, 6.45) is 1.35. The summed E-state index contributed by atoms with van der Waals surface area (Å²) in [4.78, 5) is 34.8. The van der Waals surface area contributed by atoms with Crippen molar-refractivity contribution in [3.05, 3.63) is 52.6 Å². The van der Waals surface area contributed by atoms with E-state index < -0.39 is 11.8 Å². The lowest BCUT2D eigenvalue weighted by molar-refractivity contribution is -0.138. The number of nitrogens with one attached hydrogen (secondary N) is 3. The molecule has 2 aromatic rings. The number of methoxy groups -OCH3 is 1. The monoisotopic (exact) mass is 426 g/mol. The average Bonchev–Trinajstić information content (AvgIpc) is 2.74. The number of benzene rings is 2. The molecule has 0 radical (unpaired) electrons. The Morgan fingerprint density at radius 1 is 1.00 bits per heavy atom. The third-order valence-electron chi connectivity index (χ3n) is 4.30. The van der Waals surface area contributed by atoms with Gasteiger partial charge < -0.3 is 20.1 Å². The first kappa shape index (κ1) is 23.4. The molecule has 3 N–H and O–H groups in total. The van der Waals surface area contributed by atoms with Gasteiger partial charge in [0.25, 0.3) is 5.91 Å². The highest BCUT2D eigenvalue weighted by Gasteiger charge is 2.12. The Hall–Kier alpha value is -3.88. The van der Waals surface area contributed by atoms with E-state index in [-0.39, 0.29) is 12.5 Å². The molecule has 0 aromatic heterocycles. The maximum atomic E-state index is 12.4. The minimum atomic E-state index is -0.879. The van der Waals surface area contributed by atoms with Gasteiger partial charge in [0.05, 0.1) is 13.3 Å². The summed E-state index contributed by atoms with van der Waals surface area (Å²) in [5.74, 6) is -1.21. The second-order valence-corrected chi connectivity index (χ2v) is 6.80. The minimum absolute atomic E-state index is 0.196. The zero-order valence-corrected chi connectivity index (χ0v) is 18.2. The number of hydrazone groups is 1. The second kappa shape index (κ2) is 10.8. The molecule has 0 bridgehead atoms. The van der Waals surface area contributed by atoms with Crippen LogP contribution in [0.3, 0.4) is 0 Å². The molecule has 0 heterocycles. The van der Waals surface area contributed by atoms with Crippen LogP contribution in [-0.2, 0) is 14.4 Å². The van der Waals surface area contributed by atoms with Gasteiger partial charge in [-0.2, -0.15) is 5.10 Å². The van der Waals surface area contributed by atoms with E-state index >= 15 is 0 Å². The van der Waals surface area contributed by atoms with Gasteiger partial charge in [-0.25, -0.2) is 5.43 Å². The Bertz CT molecular complexity index is 994. The molecule has 2 aromatic carbocycles. The minimum Gasteiger partial charge on any atom is -0.493 e. The van der Waals surface area contributed by atoms with Crippen molar-refractivity contribution in [3.8, 4) is 11.5 Å². The molecule has 2 rings (SSSR count). The van der Waals surface area contributed by atoms with E-state index in [4.69, 9.17) is 9.47 Å². The molecule has 0 aliphatic carbocycles. The Labute approximate surface area is 180 Å². The number of carbonyl (C=O) groups is 3. The lowest BCUT2D eigenvalue weighted by Gasteiger charge is -2.14. The Balaban J connectivity index is 2.00. The van der Waals surface area contributed by atoms with Crippen LogP contribution in [-0.4, -0.2) is 44.7 Å². The number of hydrogen-bond acceptors (Lipinski definition) is 6. The number of nitrogens with zero attached hydrogens (tertiary/aromatic N) is 1. The van der Waals surface area contributed by atoms with E-state index in [0.29, 0.717) is 17.1 Å². The Morgan fingerprint density at radius 3 is 2.29 bits per heavy atom. The zero-order valence-electron chi connectivity index (χ0n) is 18.2. The van der Waals surface area contributed by atoms with Gasteiger partial charge in [-0.05, 0) is 55.7 Å². The molecule has 31 heavy (non-hydrogen) atoms. The van der Waals surface area contributed by atoms with Gasteiger partial charge in [0.2, 0.25) is 0 Å². The Morgan fingerprint density at radius 2 is 1.68 bits per heavy atom. The van der Waals surface area contributed by atoms with Crippen LogP contribution >= 0.6 is 0 Å². The molecule has 3 amide bonds. The lowest BCUT2D eigenvalue weighted by Crippen LogP contribution is -2.35. The van der Waals surface area contributed by atoms with Crippen LogP contribution in [0.1, 0.15) is 22.3 Å². The molecule has 0 unspecified atom stereocenters. The zero-order chi connectivity index (χ0) is 23.0. The van der Waals surface area contributed by atoms with Crippen LogP contribution in [0.25, 0.3) is 0 Å². The summed E-state index contributed by atoms with van der Waals surface area (Å²) in [7, 11) is 2.81. The van der Waals surface area contributed by atoms with Crippen LogP contribution in [0.4, 0.5) is 5.69 Å². The SMILES string of the molecule is CNC(=O)C(=O)N/N=C\c1ccc(OCC(=O)Nc2c(C)cc(C)cc2C)c(OC)c1. The number of likely N-dealkylation sites (N-methyl/N-ethyl adjacent to an activating group) is 1. The first-order valence-electron chi connectivity index (χ1n) is 9.48. The van der Waals surface area contributed by atoms with Gasteiger partial charge in [0, 0.05) is 12.7 Å². The second-order valence-electron chi connectivity index (χ2n) is 6.80. The standard InChI is InChI=1S/C22H26N4O5/c1-13-8-14(2)20(15(3)9-13)25-19(27)12-31-17-7-6-16(10-18(17)30-5)11-24-26-22(29)21(28)23-4/h6-11H,12H2,1-5H3,(H,23,28)(H,25,27)(H,26,29)/b24-11-. The van der Waals surface area contributed by atoms with Crippen LogP contribution in [0.2, 0.25) is 0 Å². The molecule has 164 valence electrons. The maximum Gasteiger partial charge on any atom is 0.329 e. The quantitative estimate of drug-likeness (QED) is 0.355. The van der Waals surface area contributed by atoms with Crippen molar-refractivity contribution >= 4 is 29.6 Å². The first-order chi connectivity index (χ1) is 14.7. The number of hydrogen-bond donors (Lipinski definition) is 3. The van der Waals surface area contributed by atoms with Crippen molar-refractivity contribution in [2.45, 2.75) is 20.8 Å². The van der Waals surface area contributed by atoms with Gasteiger partial charge >= 0.3 is 11.8 Å². The van der Waals surface area contributed by atoms with Gasteiger partial charge in [0.1, 0.15) is 0 Å². The summed E-state index contributed by atoms with van der Waals surface area (Å²) in [6.45, 7) is 5.69. The van der Waals surface area contributed by atoms with Crippen molar-refractivity contribution in [2.24, 2.45) is 5.10 Å². The third-order valence-corrected chi connectivity index (χ3v) is 4.30. The molecule has 0 spiro atoms. The van der Waals surface area contributed by atoms with Crippen molar-refractivity contribution in [1.29, 1.82) is 0 Å². The number of amides is 3. The number of anilines is 1. The van der Waals surface area contributed by atoms with Crippen molar-refractivity contribution in [1.82, 2.24) is 10.7 Å². The highest BCUT2D eigenvalue weighted by Crippen LogP contribution is 2.28. The molecule has 0 saturated carbocycles. The van der Waals surface area contributed by atoms with Crippen LogP contribution in [0, 0.1) is 20.8 Å². The molecule has 0 saturated heterocycles. The van der Waals surface area contributed by atoms with Crippen molar-refractivity contribution < 1.29 is 23.9 Å².